The monoisotopic (exact) mass is 652 g/mol. The second-order valence-electron chi connectivity index (χ2n) is 12.2. The molecule has 232 valence electrons. The summed E-state index contributed by atoms with van der Waals surface area (Å²) in [4.78, 5) is 4.13. The lowest BCUT2D eigenvalue weighted by molar-refractivity contribution is 1.18. The SMILES string of the molecule is [C-]#[N+]c1cc(-n2c3ccccc3c3cc(C#N)ccc32)ccc1-c1cccc(C#N)c1[Si](c1ccccc1)(c1ccccc1)c1ccccc1. The molecule has 1 heterocycles. The quantitative estimate of drug-likeness (QED) is 0.104. The van der Waals surface area contributed by atoms with Crippen molar-refractivity contribution in [2.45, 2.75) is 0 Å². The van der Waals surface area contributed by atoms with Crippen molar-refractivity contribution in [1.82, 2.24) is 4.57 Å². The van der Waals surface area contributed by atoms with Crippen molar-refractivity contribution in [3.05, 3.63) is 192 Å². The highest BCUT2D eigenvalue weighted by molar-refractivity contribution is 7.20. The summed E-state index contributed by atoms with van der Waals surface area (Å²) in [5, 5.41) is 26.9. The molecule has 50 heavy (non-hydrogen) atoms. The van der Waals surface area contributed by atoms with Gasteiger partial charge in [-0.05, 0) is 74.3 Å². The van der Waals surface area contributed by atoms with Crippen LogP contribution in [0.3, 0.4) is 0 Å². The summed E-state index contributed by atoms with van der Waals surface area (Å²) in [6.07, 6.45) is 0. The molecule has 4 nitrogen and oxygen atoms in total. The fourth-order valence-electron chi connectivity index (χ4n) is 7.57. The Balaban J connectivity index is 1.44. The van der Waals surface area contributed by atoms with Crippen LogP contribution in [-0.4, -0.2) is 12.6 Å². The zero-order valence-electron chi connectivity index (χ0n) is 27.0. The maximum atomic E-state index is 10.8. The average Bonchev–Trinajstić information content (AvgIpc) is 3.53. The summed E-state index contributed by atoms with van der Waals surface area (Å²) in [6.45, 7) is 8.48. The number of aromatic nitrogens is 1. The van der Waals surface area contributed by atoms with Gasteiger partial charge in [-0.25, -0.2) is 4.85 Å². The lowest BCUT2D eigenvalue weighted by atomic mass is 10.0. The molecule has 0 saturated carbocycles. The minimum Gasteiger partial charge on any atom is -0.311 e. The molecule has 0 atom stereocenters. The number of nitrogens with zero attached hydrogens (tertiary/aromatic N) is 4. The molecule has 0 N–H and O–H groups in total. The summed E-state index contributed by atoms with van der Waals surface area (Å²) in [5.74, 6) is 0. The van der Waals surface area contributed by atoms with Gasteiger partial charge in [0.15, 0.2) is 13.8 Å². The number of rotatable bonds is 6. The van der Waals surface area contributed by atoms with Crippen molar-refractivity contribution < 1.29 is 0 Å². The molecular weight excluding hydrogens is 625 g/mol. The Labute approximate surface area is 291 Å². The predicted molar refractivity (Wildman–Crippen MR) is 206 cm³/mol. The zero-order chi connectivity index (χ0) is 34.1. The molecule has 1 aromatic heterocycles. The van der Waals surface area contributed by atoms with E-state index in [0.29, 0.717) is 16.8 Å². The predicted octanol–water partition coefficient (Wildman–Crippen LogP) is 8.12. The third-order valence-electron chi connectivity index (χ3n) is 9.63. The first-order chi connectivity index (χ1) is 24.7. The molecule has 0 radical (unpaired) electrons. The van der Waals surface area contributed by atoms with Crippen molar-refractivity contribution in [3.63, 3.8) is 0 Å². The Bertz CT molecular complexity index is 2580. The van der Waals surface area contributed by atoms with Gasteiger partial charge in [-0.3, -0.25) is 0 Å². The Hall–Kier alpha value is -6.97. The van der Waals surface area contributed by atoms with E-state index in [2.05, 4.69) is 119 Å². The largest absolute Gasteiger partial charge is 0.311 e. The van der Waals surface area contributed by atoms with Crippen LogP contribution in [-0.2, 0) is 0 Å². The van der Waals surface area contributed by atoms with E-state index in [-0.39, 0.29) is 0 Å². The van der Waals surface area contributed by atoms with Crippen molar-refractivity contribution in [2.24, 2.45) is 0 Å². The van der Waals surface area contributed by atoms with Crippen LogP contribution in [0.2, 0.25) is 0 Å². The second kappa shape index (κ2) is 12.6. The maximum absolute atomic E-state index is 10.8. The standard InChI is InChI=1S/C45H28N4Si/c1-48-42-29-34(49-43-23-12-11-21-39(43)41-28-32(30-46)24-27-44(41)49)25-26-38(42)40-22-13-14-33(31-47)45(40)50(35-15-5-2-6-16-35,36-17-7-3-8-18-36)37-19-9-4-10-20-37/h2-29H. The van der Waals surface area contributed by atoms with E-state index in [1.165, 1.54) is 0 Å². The molecule has 7 aromatic carbocycles. The van der Waals surface area contributed by atoms with Crippen LogP contribution < -0.4 is 20.7 Å². The van der Waals surface area contributed by atoms with Gasteiger partial charge in [0.05, 0.1) is 40.9 Å². The van der Waals surface area contributed by atoms with Gasteiger partial charge in [-0.2, -0.15) is 10.5 Å². The Morgan fingerprint density at radius 2 is 1.12 bits per heavy atom. The van der Waals surface area contributed by atoms with Crippen LogP contribution in [0.4, 0.5) is 5.69 Å². The highest BCUT2D eigenvalue weighted by Gasteiger charge is 2.44. The summed E-state index contributed by atoms with van der Waals surface area (Å²) in [6, 6.07) is 62.3. The molecule has 0 aliphatic heterocycles. The fourth-order valence-corrected chi connectivity index (χ4v) is 12.7. The molecule has 5 heteroatoms. The third-order valence-corrected chi connectivity index (χ3v) is 14.5. The van der Waals surface area contributed by atoms with E-state index < -0.39 is 8.07 Å². The van der Waals surface area contributed by atoms with Gasteiger partial charge < -0.3 is 4.57 Å². The molecule has 0 saturated heterocycles. The van der Waals surface area contributed by atoms with Gasteiger partial charge in [0.2, 0.25) is 0 Å². The number of hydrogen-bond acceptors (Lipinski definition) is 2. The van der Waals surface area contributed by atoms with Gasteiger partial charge in [-0.1, -0.05) is 127 Å². The van der Waals surface area contributed by atoms with Gasteiger partial charge in [-0.15, -0.1) is 0 Å². The first-order valence-corrected chi connectivity index (χ1v) is 18.3. The molecule has 0 unspecified atom stereocenters. The number of para-hydroxylation sites is 1. The zero-order valence-corrected chi connectivity index (χ0v) is 28.0. The third kappa shape index (κ3) is 4.72. The summed E-state index contributed by atoms with van der Waals surface area (Å²) < 4.78 is 2.16. The van der Waals surface area contributed by atoms with Crippen LogP contribution in [0.1, 0.15) is 11.1 Å². The van der Waals surface area contributed by atoms with Crippen LogP contribution in [0.15, 0.2) is 170 Å². The van der Waals surface area contributed by atoms with Crippen LogP contribution in [0.5, 0.6) is 0 Å². The first kappa shape index (κ1) is 30.4. The van der Waals surface area contributed by atoms with Crippen molar-refractivity contribution >= 4 is 56.3 Å². The lowest BCUT2D eigenvalue weighted by Gasteiger charge is -2.36. The van der Waals surface area contributed by atoms with E-state index >= 15 is 0 Å². The second-order valence-corrected chi connectivity index (χ2v) is 15.9. The van der Waals surface area contributed by atoms with Crippen LogP contribution in [0, 0.1) is 29.2 Å². The smallest absolute Gasteiger partial charge is 0.196 e. The number of benzene rings is 7. The minimum atomic E-state index is -3.13. The minimum absolute atomic E-state index is 0.496. The molecule has 0 bridgehead atoms. The maximum Gasteiger partial charge on any atom is 0.196 e. The van der Waals surface area contributed by atoms with Crippen molar-refractivity contribution in [2.75, 3.05) is 0 Å². The van der Waals surface area contributed by atoms with E-state index in [9.17, 15) is 10.5 Å². The summed E-state index contributed by atoms with van der Waals surface area (Å²) >= 11 is 0. The topological polar surface area (TPSA) is 56.9 Å². The first-order valence-electron chi connectivity index (χ1n) is 16.3. The molecule has 0 amide bonds. The van der Waals surface area contributed by atoms with Crippen molar-refractivity contribution in [3.8, 4) is 29.0 Å². The van der Waals surface area contributed by atoms with Crippen molar-refractivity contribution in [1.29, 1.82) is 10.5 Å². The number of hydrogen-bond donors (Lipinski definition) is 0. The number of nitriles is 2. The molecule has 0 spiro atoms. The molecular formula is C45H28N4Si. The number of fused-ring (bicyclic) bond motifs is 3. The van der Waals surface area contributed by atoms with Crippen LogP contribution in [0.25, 0.3) is 43.5 Å². The van der Waals surface area contributed by atoms with E-state index in [4.69, 9.17) is 6.57 Å². The molecule has 8 rings (SSSR count). The van der Waals surface area contributed by atoms with Gasteiger partial charge >= 0.3 is 0 Å². The lowest BCUT2D eigenvalue weighted by Crippen LogP contribution is -2.75. The summed E-state index contributed by atoms with van der Waals surface area (Å²) in [5.41, 5.74) is 6.17. The Kier molecular flexibility index (Phi) is 7.63. The van der Waals surface area contributed by atoms with Crippen LogP contribution >= 0.6 is 0 Å². The molecule has 0 fully saturated rings. The van der Waals surface area contributed by atoms with E-state index in [0.717, 1.165) is 59.4 Å². The average molecular weight is 653 g/mol. The highest BCUT2D eigenvalue weighted by Crippen LogP contribution is 2.37. The molecule has 0 aliphatic carbocycles. The van der Waals surface area contributed by atoms with E-state index in [1.54, 1.807) is 0 Å². The van der Waals surface area contributed by atoms with Gasteiger partial charge in [0.1, 0.15) is 0 Å². The summed E-state index contributed by atoms with van der Waals surface area (Å²) in [7, 11) is -3.13. The van der Waals surface area contributed by atoms with Gasteiger partial charge in [0.25, 0.3) is 0 Å². The van der Waals surface area contributed by atoms with Gasteiger partial charge in [0, 0.05) is 16.5 Å². The fraction of sp³-hybridized carbons (Fsp3) is 0. The Morgan fingerprint density at radius 1 is 0.520 bits per heavy atom. The highest BCUT2D eigenvalue weighted by atomic mass is 28.3. The normalized spacial score (nSPS) is 11.1. The molecule has 0 aliphatic rings. The van der Waals surface area contributed by atoms with E-state index in [1.807, 2.05) is 72.8 Å². The molecule has 8 aromatic rings. The Morgan fingerprint density at radius 3 is 1.72 bits per heavy atom.